The van der Waals surface area contributed by atoms with Gasteiger partial charge in [0.2, 0.25) is 0 Å². The number of hydrogen-bond acceptors (Lipinski definition) is 5. The van der Waals surface area contributed by atoms with E-state index in [0.717, 1.165) is 36.8 Å². The van der Waals surface area contributed by atoms with Crippen molar-refractivity contribution in [3.8, 4) is 0 Å². The lowest BCUT2D eigenvalue weighted by Crippen LogP contribution is -2.13. The smallest absolute Gasteiger partial charge is 0.254 e. The number of hydrogen-bond donors (Lipinski definition) is 1. The molecule has 3 heterocycles. The summed E-state index contributed by atoms with van der Waals surface area (Å²) in [7, 11) is 0. The highest BCUT2D eigenvalue weighted by atomic mass is 15.3. The maximum atomic E-state index is 4.49. The lowest BCUT2D eigenvalue weighted by Gasteiger charge is -2.10. The van der Waals surface area contributed by atoms with Crippen LogP contribution >= 0.6 is 0 Å². The number of anilines is 1. The fraction of sp³-hybridized carbons (Fsp3) is 0.222. The zero-order valence-corrected chi connectivity index (χ0v) is 14.0. The standard InChI is InChI=1S/C18H19N7/c1-14-11-17(25-18(23-14)21-13-22-25)19-8-7-16-20-9-10-24(16)12-15-5-3-2-4-6-15/h2-6,9-11,13,19H,7-8,12H2,1H3. The van der Waals surface area contributed by atoms with Crippen LogP contribution < -0.4 is 5.32 Å². The molecule has 0 fully saturated rings. The molecule has 7 heteroatoms. The number of nitrogens with zero attached hydrogens (tertiary/aromatic N) is 6. The summed E-state index contributed by atoms with van der Waals surface area (Å²) in [5, 5.41) is 7.62. The summed E-state index contributed by atoms with van der Waals surface area (Å²) < 4.78 is 3.89. The molecule has 0 atom stereocenters. The molecule has 0 aliphatic heterocycles. The molecule has 0 saturated heterocycles. The molecule has 0 amide bonds. The second-order valence-corrected chi connectivity index (χ2v) is 5.89. The fourth-order valence-corrected chi connectivity index (χ4v) is 2.85. The van der Waals surface area contributed by atoms with Gasteiger partial charge in [-0.25, -0.2) is 9.97 Å². The van der Waals surface area contributed by atoms with E-state index in [2.05, 4.69) is 54.2 Å². The van der Waals surface area contributed by atoms with Crippen molar-refractivity contribution in [2.75, 3.05) is 11.9 Å². The largest absolute Gasteiger partial charge is 0.369 e. The Morgan fingerprint density at radius 1 is 1.12 bits per heavy atom. The summed E-state index contributed by atoms with van der Waals surface area (Å²) in [6.07, 6.45) is 6.20. The summed E-state index contributed by atoms with van der Waals surface area (Å²) in [6, 6.07) is 12.4. The highest BCUT2D eigenvalue weighted by Gasteiger charge is 2.07. The average Bonchev–Trinajstić information content (AvgIpc) is 3.25. The Kier molecular flexibility index (Phi) is 4.12. The van der Waals surface area contributed by atoms with Gasteiger partial charge in [0.25, 0.3) is 5.78 Å². The Balaban J connectivity index is 1.44. The first-order chi connectivity index (χ1) is 12.3. The van der Waals surface area contributed by atoms with E-state index in [1.807, 2.05) is 31.5 Å². The van der Waals surface area contributed by atoms with Gasteiger partial charge in [-0.15, -0.1) is 0 Å². The Morgan fingerprint density at radius 3 is 2.88 bits per heavy atom. The summed E-state index contributed by atoms with van der Waals surface area (Å²) in [5.41, 5.74) is 2.18. The second kappa shape index (κ2) is 6.72. The van der Waals surface area contributed by atoms with Crippen LogP contribution in [0.2, 0.25) is 0 Å². The minimum absolute atomic E-state index is 0.605. The van der Waals surface area contributed by atoms with Crippen molar-refractivity contribution in [3.05, 3.63) is 72.2 Å². The van der Waals surface area contributed by atoms with Crippen LogP contribution in [0.3, 0.4) is 0 Å². The van der Waals surface area contributed by atoms with Crippen molar-refractivity contribution in [3.63, 3.8) is 0 Å². The monoisotopic (exact) mass is 333 g/mol. The maximum absolute atomic E-state index is 4.49. The van der Waals surface area contributed by atoms with Gasteiger partial charge < -0.3 is 9.88 Å². The van der Waals surface area contributed by atoms with E-state index in [1.165, 1.54) is 11.9 Å². The fourth-order valence-electron chi connectivity index (χ4n) is 2.85. The number of nitrogens with one attached hydrogen (secondary N) is 1. The molecule has 7 nitrogen and oxygen atoms in total. The molecule has 0 unspecified atom stereocenters. The quantitative estimate of drug-likeness (QED) is 0.586. The molecule has 1 N–H and O–H groups in total. The van der Waals surface area contributed by atoms with Gasteiger partial charge in [-0.05, 0) is 12.5 Å². The van der Waals surface area contributed by atoms with Crippen molar-refractivity contribution in [2.24, 2.45) is 0 Å². The lowest BCUT2D eigenvalue weighted by molar-refractivity contribution is 0.721. The second-order valence-electron chi connectivity index (χ2n) is 5.89. The minimum Gasteiger partial charge on any atom is -0.369 e. The Hall–Kier alpha value is -3.22. The zero-order valence-electron chi connectivity index (χ0n) is 14.0. The molecule has 0 aliphatic carbocycles. The van der Waals surface area contributed by atoms with E-state index in [1.54, 1.807) is 4.52 Å². The Bertz CT molecular complexity index is 971. The lowest BCUT2D eigenvalue weighted by atomic mass is 10.2. The van der Waals surface area contributed by atoms with Crippen molar-refractivity contribution >= 4 is 11.6 Å². The first-order valence-corrected chi connectivity index (χ1v) is 8.25. The third kappa shape index (κ3) is 3.35. The van der Waals surface area contributed by atoms with E-state index in [-0.39, 0.29) is 0 Å². The minimum atomic E-state index is 0.605. The Labute approximate surface area is 145 Å². The van der Waals surface area contributed by atoms with Crippen LogP contribution in [0.15, 0.2) is 55.1 Å². The van der Waals surface area contributed by atoms with Crippen molar-refractivity contribution in [1.29, 1.82) is 0 Å². The average molecular weight is 333 g/mol. The summed E-state index contributed by atoms with van der Waals surface area (Å²) in [4.78, 5) is 13.0. The molecule has 0 radical (unpaired) electrons. The molecule has 0 spiro atoms. The highest BCUT2D eigenvalue weighted by molar-refractivity contribution is 5.44. The maximum Gasteiger partial charge on any atom is 0.254 e. The van der Waals surface area contributed by atoms with Crippen molar-refractivity contribution in [2.45, 2.75) is 19.9 Å². The number of imidazole rings is 1. The predicted octanol–water partition coefficient (Wildman–Crippen LogP) is 2.33. The number of fused-ring (bicyclic) bond motifs is 1. The van der Waals surface area contributed by atoms with E-state index >= 15 is 0 Å². The van der Waals surface area contributed by atoms with Gasteiger partial charge >= 0.3 is 0 Å². The number of benzene rings is 1. The van der Waals surface area contributed by atoms with Crippen LogP contribution in [-0.2, 0) is 13.0 Å². The third-order valence-corrected chi connectivity index (χ3v) is 4.03. The summed E-state index contributed by atoms with van der Waals surface area (Å²) in [6.45, 7) is 3.54. The molecule has 4 rings (SSSR count). The van der Waals surface area contributed by atoms with Crippen LogP contribution in [0.25, 0.3) is 5.78 Å². The van der Waals surface area contributed by atoms with Gasteiger partial charge in [0.15, 0.2) is 0 Å². The molecule has 0 saturated carbocycles. The van der Waals surface area contributed by atoms with Gasteiger partial charge in [0.05, 0.1) is 0 Å². The predicted molar refractivity (Wildman–Crippen MR) is 95.5 cm³/mol. The van der Waals surface area contributed by atoms with Crippen LogP contribution in [-0.4, -0.2) is 35.7 Å². The molecular weight excluding hydrogens is 314 g/mol. The third-order valence-electron chi connectivity index (χ3n) is 4.03. The highest BCUT2D eigenvalue weighted by Crippen LogP contribution is 2.11. The van der Waals surface area contributed by atoms with Crippen LogP contribution in [0.1, 0.15) is 17.1 Å². The van der Waals surface area contributed by atoms with Gasteiger partial charge in [-0.2, -0.15) is 14.6 Å². The molecule has 1 aromatic carbocycles. The molecule has 126 valence electrons. The first kappa shape index (κ1) is 15.3. The molecule has 0 aliphatic rings. The molecule has 4 aromatic rings. The molecule has 0 bridgehead atoms. The van der Waals surface area contributed by atoms with E-state index in [0.29, 0.717) is 5.78 Å². The SMILES string of the molecule is Cc1cc(NCCc2nccn2Cc2ccccc2)n2ncnc2n1. The van der Waals surface area contributed by atoms with E-state index < -0.39 is 0 Å². The molecule has 25 heavy (non-hydrogen) atoms. The van der Waals surface area contributed by atoms with E-state index in [9.17, 15) is 0 Å². The van der Waals surface area contributed by atoms with Crippen LogP contribution in [0.4, 0.5) is 5.82 Å². The van der Waals surface area contributed by atoms with Gasteiger partial charge in [-0.1, -0.05) is 30.3 Å². The van der Waals surface area contributed by atoms with Gasteiger partial charge in [0, 0.05) is 43.7 Å². The molecule has 3 aromatic heterocycles. The molecular formula is C18H19N7. The first-order valence-electron chi connectivity index (χ1n) is 8.25. The van der Waals surface area contributed by atoms with E-state index in [4.69, 9.17) is 0 Å². The van der Waals surface area contributed by atoms with Crippen molar-refractivity contribution in [1.82, 2.24) is 29.1 Å². The van der Waals surface area contributed by atoms with Crippen LogP contribution in [0, 0.1) is 6.92 Å². The van der Waals surface area contributed by atoms with Gasteiger partial charge in [-0.3, -0.25) is 0 Å². The number of rotatable bonds is 6. The van der Waals surface area contributed by atoms with Crippen molar-refractivity contribution < 1.29 is 0 Å². The zero-order chi connectivity index (χ0) is 17.1. The van der Waals surface area contributed by atoms with Crippen LogP contribution in [0.5, 0.6) is 0 Å². The summed E-state index contributed by atoms with van der Waals surface area (Å²) >= 11 is 0. The van der Waals surface area contributed by atoms with Gasteiger partial charge in [0.1, 0.15) is 18.0 Å². The Morgan fingerprint density at radius 2 is 2.00 bits per heavy atom. The number of aromatic nitrogens is 6. The summed E-state index contributed by atoms with van der Waals surface area (Å²) in [5.74, 6) is 2.55. The normalized spacial score (nSPS) is 11.1. The topological polar surface area (TPSA) is 72.9 Å². The number of aryl methyl sites for hydroxylation is 1.